The normalized spacial score (nSPS) is 14.1. The van der Waals surface area contributed by atoms with Crippen LogP contribution in [0, 0.1) is 18.2 Å². The van der Waals surface area contributed by atoms with Gasteiger partial charge in [0.1, 0.15) is 5.82 Å². The Morgan fingerprint density at radius 1 is 1.29 bits per heavy atom. The van der Waals surface area contributed by atoms with Crippen LogP contribution in [-0.4, -0.2) is 0 Å². The Kier molecular flexibility index (Phi) is 2.95. The third-order valence-corrected chi connectivity index (χ3v) is 2.47. The van der Waals surface area contributed by atoms with Crippen LogP contribution in [0.5, 0.6) is 0 Å². The van der Waals surface area contributed by atoms with Crippen molar-refractivity contribution in [2.24, 2.45) is 11.1 Å². The minimum absolute atomic E-state index is 0.00424. The van der Waals surface area contributed by atoms with Gasteiger partial charge >= 0.3 is 0 Å². The lowest BCUT2D eigenvalue weighted by atomic mass is 9.83. The van der Waals surface area contributed by atoms with Gasteiger partial charge in [-0.1, -0.05) is 32.9 Å². The molecule has 0 aliphatic rings. The van der Waals surface area contributed by atoms with E-state index in [0.29, 0.717) is 5.56 Å². The maximum absolute atomic E-state index is 13.0. The second kappa shape index (κ2) is 3.70. The molecule has 0 aliphatic heterocycles. The van der Waals surface area contributed by atoms with Crippen LogP contribution in [0.4, 0.5) is 4.39 Å². The van der Waals surface area contributed by atoms with E-state index in [4.69, 9.17) is 5.73 Å². The van der Waals surface area contributed by atoms with E-state index in [1.807, 2.05) is 6.07 Å². The van der Waals surface area contributed by atoms with Crippen molar-refractivity contribution in [2.45, 2.75) is 33.7 Å². The van der Waals surface area contributed by atoms with Crippen LogP contribution < -0.4 is 5.73 Å². The van der Waals surface area contributed by atoms with Crippen molar-refractivity contribution < 1.29 is 4.39 Å². The van der Waals surface area contributed by atoms with E-state index in [0.717, 1.165) is 5.56 Å². The molecule has 1 rings (SSSR count). The summed E-state index contributed by atoms with van der Waals surface area (Å²) in [4.78, 5) is 0. The first-order valence-electron chi connectivity index (χ1n) is 4.84. The fourth-order valence-electron chi connectivity index (χ4n) is 1.36. The van der Waals surface area contributed by atoms with Crippen molar-refractivity contribution in [1.82, 2.24) is 0 Å². The second-order valence-corrected chi connectivity index (χ2v) is 4.85. The molecule has 78 valence electrons. The molecule has 2 heteroatoms. The predicted octanol–water partition coefficient (Wildman–Crippen LogP) is 3.18. The molecule has 1 atom stereocenters. The van der Waals surface area contributed by atoms with Gasteiger partial charge in [-0.25, -0.2) is 4.39 Å². The Labute approximate surface area is 85.1 Å². The second-order valence-electron chi connectivity index (χ2n) is 4.85. The van der Waals surface area contributed by atoms with E-state index in [2.05, 4.69) is 20.8 Å². The summed E-state index contributed by atoms with van der Waals surface area (Å²) in [5, 5.41) is 0. The summed E-state index contributed by atoms with van der Waals surface area (Å²) in [6.07, 6.45) is 0. The third kappa shape index (κ3) is 2.32. The highest BCUT2D eigenvalue weighted by Gasteiger charge is 2.22. The molecule has 0 aliphatic carbocycles. The zero-order valence-electron chi connectivity index (χ0n) is 9.26. The first-order chi connectivity index (χ1) is 6.32. The van der Waals surface area contributed by atoms with E-state index in [9.17, 15) is 4.39 Å². The average molecular weight is 195 g/mol. The topological polar surface area (TPSA) is 26.0 Å². The minimum atomic E-state index is -0.171. The molecule has 0 radical (unpaired) electrons. The Balaban J connectivity index is 3.03. The largest absolute Gasteiger partial charge is 0.324 e. The van der Waals surface area contributed by atoms with E-state index < -0.39 is 0 Å². The summed E-state index contributed by atoms with van der Waals surface area (Å²) in [7, 11) is 0. The number of rotatable bonds is 1. The molecule has 0 saturated heterocycles. The molecule has 0 amide bonds. The van der Waals surface area contributed by atoms with Crippen LogP contribution in [0.1, 0.15) is 37.9 Å². The van der Waals surface area contributed by atoms with E-state index in [1.165, 1.54) is 6.07 Å². The summed E-state index contributed by atoms with van der Waals surface area (Å²) in [5.74, 6) is -0.171. The Morgan fingerprint density at radius 3 is 2.29 bits per heavy atom. The zero-order valence-corrected chi connectivity index (χ0v) is 9.26. The smallest absolute Gasteiger partial charge is 0.126 e. The van der Waals surface area contributed by atoms with Crippen LogP contribution in [0.25, 0.3) is 0 Å². The molecule has 1 aromatic carbocycles. The number of halogens is 1. The van der Waals surface area contributed by atoms with Crippen LogP contribution >= 0.6 is 0 Å². The number of aryl methyl sites for hydroxylation is 1. The first kappa shape index (κ1) is 11.2. The van der Waals surface area contributed by atoms with Crippen LogP contribution in [-0.2, 0) is 0 Å². The zero-order chi connectivity index (χ0) is 10.9. The summed E-state index contributed by atoms with van der Waals surface area (Å²) in [5.41, 5.74) is 7.72. The summed E-state index contributed by atoms with van der Waals surface area (Å²) in [6.45, 7) is 8.00. The Hall–Kier alpha value is -0.890. The molecule has 0 heterocycles. The van der Waals surface area contributed by atoms with Gasteiger partial charge in [0.25, 0.3) is 0 Å². The monoisotopic (exact) mass is 195 g/mol. The molecule has 14 heavy (non-hydrogen) atoms. The summed E-state index contributed by atoms with van der Waals surface area (Å²) >= 11 is 0. The van der Waals surface area contributed by atoms with Gasteiger partial charge < -0.3 is 5.73 Å². The van der Waals surface area contributed by atoms with Gasteiger partial charge in [0.05, 0.1) is 0 Å². The molecule has 1 unspecified atom stereocenters. The average Bonchev–Trinajstić information content (AvgIpc) is 2.07. The van der Waals surface area contributed by atoms with Crippen molar-refractivity contribution in [3.63, 3.8) is 0 Å². The van der Waals surface area contributed by atoms with Gasteiger partial charge in [-0.05, 0) is 29.5 Å². The maximum Gasteiger partial charge on any atom is 0.126 e. The SMILES string of the molecule is Cc1cc(C(N)C(C)(C)C)ccc1F. The lowest BCUT2D eigenvalue weighted by Crippen LogP contribution is -2.26. The fraction of sp³-hybridized carbons (Fsp3) is 0.500. The molecular formula is C12H18FN. The van der Waals surface area contributed by atoms with E-state index >= 15 is 0 Å². The van der Waals surface area contributed by atoms with Crippen LogP contribution in [0.2, 0.25) is 0 Å². The van der Waals surface area contributed by atoms with Gasteiger partial charge in [-0.15, -0.1) is 0 Å². The third-order valence-electron chi connectivity index (χ3n) is 2.47. The van der Waals surface area contributed by atoms with Gasteiger partial charge in [-0.3, -0.25) is 0 Å². The van der Waals surface area contributed by atoms with Crippen molar-refractivity contribution in [3.8, 4) is 0 Å². The summed E-state index contributed by atoms with van der Waals surface area (Å²) < 4.78 is 13.0. The Morgan fingerprint density at radius 2 is 1.86 bits per heavy atom. The highest BCUT2D eigenvalue weighted by atomic mass is 19.1. The van der Waals surface area contributed by atoms with Gasteiger partial charge in [0.15, 0.2) is 0 Å². The van der Waals surface area contributed by atoms with Crippen molar-refractivity contribution >= 4 is 0 Å². The predicted molar refractivity (Wildman–Crippen MR) is 57.5 cm³/mol. The van der Waals surface area contributed by atoms with Gasteiger partial charge in [-0.2, -0.15) is 0 Å². The molecule has 0 bridgehead atoms. The highest BCUT2D eigenvalue weighted by molar-refractivity contribution is 5.27. The molecule has 0 saturated carbocycles. The molecule has 2 N–H and O–H groups in total. The molecule has 0 spiro atoms. The molecular weight excluding hydrogens is 177 g/mol. The lowest BCUT2D eigenvalue weighted by molar-refractivity contribution is 0.326. The molecule has 1 nitrogen and oxygen atoms in total. The van der Waals surface area contributed by atoms with Gasteiger partial charge in [0.2, 0.25) is 0 Å². The first-order valence-corrected chi connectivity index (χ1v) is 4.84. The number of benzene rings is 1. The van der Waals surface area contributed by atoms with Crippen LogP contribution in [0.15, 0.2) is 18.2 Å². The van der Waals surface area contributed by atoms with Crippen LogP contribution in [0.3, 0.4) is 0 Å². The quantitative estimate of drug-likeness (QED) is 0.731. The molecule has 1 aromatic rings. The number of hydrogen-bond acceptors (Lipinski definition) is 1. The van der Waals surface area contributed by atoms with E-state index in [1.54, 1.807) is 13.0 Å². The van der Waals surface area contributed by atoms with Gasteiger partial charge in [0, 0.05) is 6.04 Å². The van der Waals surface area contributed by atoms with Crippen molar-refractivity contribution in [1.29, 1.82) is 0 Å². The molecule has 0 aromatic heterocycles. The Bertz CT molecular complexity index is 326. The standard InChI is InChI=1S/C12H18FN/c1-8-7-9(5-6-10(8)13)11(14)12(2,3)4/h5-7,11H,14H2,1-4H3. The lowest BCUT2D eigenvalue weighted by Gasteiger charge is -2.27. The number of nitrogens with two attached hydrogens (primary N) is 1. The fourth-order valence-corrected chi connectivity index (χ4v) is 1.36. The van der Waals surface area contributed by atoms with E-state index in [-0.39, 0.29) is 17.3 Å². The molecule has 0 fully saturated rings. The van der Waals surface area contributed by atoms with Crippen molar-refractivity contribution in [2.75, 3.05) is 0 Å². The maximum atomic E-state index is 13.0. The van der Waals surface area contributed by atoms with Crippen molar-refractivity contribution in [3.05, 3.63) is 35.1 Å². The minimum Gasteiger partial charge on any atom is -0.324 e. The summed E-state index contributed by atoms with van der Waals surface area (Å²) in [6, 6.07) is 5.02. The number of hydrogen-bond donors (Lipinski definition) is 1. The highest BCUT2D eigenvalue weighted by Crippen LogP contribution is 2.30.